The predicted octanol–water partition coefficient (Wildman–Crippen LogP) is 3.34. The highest BCUT2D eigenvalue weighted by atomic mass is 35.5. The molecule has 0 fully saturated rings. The van der Waals surface area contributed by atoms with E-state index in [2.05, 4.69) is 4.98 Å². The van der Waals surface area contributed by atoms with E-state index in [0.29, 0.717) is 11.6 Å². The molecule has 0 spiro atoms. The van der Waals surface area contributed by atoms with Gasteiger partial charge in [0.05, 0.1) is 6.54 Å². The summed E-state index contributed by atoms with van der Waals surface area (Å²) in [4.78, 5) is 16.6. The molecule has 0 atom stereocenters. The Balaban J connectivity index is 1.96. The van der Waals surface area contributed by atoms with Crippen molar-refractivity contribution in [2.75, 3.05) is 7.05 Å². The molecule has 3 nitrogen and oxygen atoms in total. The van der Waals surface area contributed by atoms with Gasteiger partial charge in [0.2, 0.25) is 5.91 Å². The number of nitrogens with one attached hydrogen (secondary N) is 1. The van der Waals surface area contributed by atoms with Crippen molar-refractivity contribution in [2.24, 2.45) is 0 Å². The summed E-state index contributed by atoms with van der Waals surface area (Å²) in [6.07, 6.45) is 5.16. The normalized spacial score (nSPS) is 10.8. The van der Waals surface area contributed by atoms with E-state index in [0.717, 1.165) is 11.3 Å². The van der Waals surface area contributed by atoms with Crippen LogP contribution >= 0.6 is 11.6 Å². The minimum atomic E-state index is -0.0467. The second-order valence-corrected chi connectivity index (χ2v) is 4.71. The summed E-state index contributed by atoms with van der Waals surface area (Å²) < 4.78 is 0. The number of hydrogen-bond donors (Lipinski definition) is 1. The van der Waals surface area contributed by atoms with Gasteiger partial charge in [-0.15, -0.1) is 0 Å². The molecule has 1 N–H and O–H groups in total. The van der Waals surface area contributed by atoms with Crippen LogP contribution in [0.25, 0.3) is 6.08 Å². The van der Waals surface area contributed by atoms with Crippen molar-refractivity contribution in [3.8, 4) is 0 Å². The average molecular weight is 275 g/mol. The molecule has 98 valence electrons. The number of hydrogen-bond acceptors (Lipinski definition) is 1. The second-order valence-electron chi connectivity index (χ2n) is 4.28. The number of halogens is 1. The van der Waals surface area contributed by atoms with Crippen LogP contribution in [0.15, 0.2) is 48.7 Å². The quantitative estimate of drug-likeness (QED) is 0.853. The van der Waals surface area contributed by atoms with E-state index >= 15 is 0 Å². The van der Waals surface area contributed by atoms with Crippen LogP contribution in [0.2, 0.25) is 5.02 Å². The molecular weight excluding hydrogens is 260 g/mol. The van der Waals surface area contributed by atoms with E-state index in [1.54, 1.807) is 30.2 Å². The van der Waals surface area contributed by atoms with Crippen molar-refractivity contribution in [1.29, 1.82) is 0 Å². The first-order chi connectivity index (χ1) is 9.15. The largest absolute Gasteiger partial charge is 0.364 e. The number of benzene rings is 1. The Labute approximate surface area is 117 Å². The van der Waals surface area contributed by atoms with Gasteiger partial charge in [-0.2, -0.15) is 0 Å². The van der Waals surface area contributed by atoms with E-state index in [9.17, 15) is 4.79 Å². The summed E-state index contributed by atoms with van der Waals surface area (Å²) in [5.41, 5.74) is 1.92. The van der Waals surface area contributed by atoms with Crippen molar-refractivity contribution in [3.05, 3.63) is 65.0 Å². The van der Waals surface area contributed by atoms with Crippen LogP contribution in [-0.4, -0.2) is 22.8 Å². The Morgan fingerprint density at radius 1 is 1.37 bits per heavy atom. The zero-order chi connectivity index (χ0) is 13.7. The van der Waals surface area contributed by atoms with Crippen molar-refractivity contribution in [3.63, 3.8) is 0 Å². The van der Waals surface area contributed by atoms with Crippen LogP contribution in [0.3, 0.4) is 0 Å². The number of rotatable bonds is 4. The molecule has 0 saturated heterocycles. The molecule has 0 unspecified atom stereocenters. The third-order valence-corrected chi connectivity index (χ3v) is 2.95. The number of likely N-dealkylation sites (N-methyl/N-ethyl adjacent to an activating group) is 1. The van der Waals surface area contributed by atoms with Gasteiger partial charge in [0.15, 0.2) is 0 Å². The van der Waals surface area contributed by atoms with E-state index in [4.69, 9.17) is 11.6 Å². The molecule has 0 bridgehead atoms. The SMILES string of the molecule is CN(Cc1ccc[nH]1)C(=O)/C=C/c1cccc(Cl)c1. The summed E-state index contributed by atoms with van der Waals surface area (Å²) in [6.45, 7) is 0.561. The lowest BCUT2D eigenvalue weighted by Crippen LogP contribution is -2.24. The standard InChI is InChI=1S/C15H15ClN2O/c1-18(11-14-6-3-9-17-14)15(19)8-7-12-4-2-5-13(16)10-12/h2-10,17H,11H2,1H3/b8-7+. The first-order valence-corrected chi connectivity index (χ1v) is 6.34. The third-order valence-electron chi connectivity index (χ3n) is 2.71. The fourth-order valence-electron chi connectivity index (χ4n) is 1.70. The molecule has 1 amide bonds. The summed E-state index contributed by atoms with van der Waals surface area (Å²) in [7, 11) is 1.77. The first-order valence-electron chi connectivity index (χ1n) is 5.96. The lowest BCUT2D eigenvalue weighted by molar-refractivity contribution is -0.125. The number of aromatic amines is 1. The molecule has 0 saturated carbocycles. The number of nitrogens with zero attached hydrogens (tertiary/aromatic N) is 1. The number of amides is 1. The molecule has 0 aliphatic carbocycles. The van der Waals surface area contributed by atoms with Gasteiger partial charge in [0.25, 0.3) is 0 Å². The summed E-state index contributed by atoms with van der Waals surface area (Å²) in [5, 5.41) is 0.661. The van der Waals surface area contributed by atoms with Gasteiger partial charge in [-0.1, -0.05) is 23.7 Å². The molecule has 0 aliphatic heterocycles. The molecule has 4 heteroatoms. The molecule has 0 radical (unpaired) electrons. The van der Waals surface area contributed by atoms with Crippen LogP contribution in [0.5, 0.6) is 0 Å². The van der Waals surface area contributed by atoms with Crippen LogP contribution in [0.1, 0.15) is 11.3 Å². The van der Waals surface area contributed by atoms with Gasteiger partial charge in [-0.25, -0.2) is 0 Å². The van der Waals surface area contributed by atoms with Crippen molar-refractivity contribution in [1.82, 2.24) is 9.88 Å². The van der Waals surface area contributed by atoms with E-state index in [1.165, 1.54) is 0 Å². The number of H-pyrrole nitrogens is 1. The van der Waals surface area contributed by atoms with Crippen molar-refractivity contribution >= 4 is 23.6 Å². The Morgan fingerprint density at radius 2 is 2.21 bits per heavy atom. The maximum Gasteiger partial charge on any atom is 0.246 e. The average Bonchev–Trinajstić information content (AvgIpc) is 2.89. The first kappa shape index (κ1) is 13.4. The molecule has 0 aliphatic rings. The minimum Gasteiger partial charge on any atom is -0.364 e. The zero-order valence-electron chi connectivity index (χ0n) is 10.6. The van der Waals surface area contributed by atoms with Gasteiger partial charge in [-0.05, 0) is 35.9 Å². The van der Waals surface area contributed by atoms with E-state index in [1.807, 2.05) is 36.5 Å². The molecule has 2 rings (SSSR count). The van der Waals surface area contributed by atoms with Crippen molar-refractivity contribution in [2.45, 2.75) is 6.54 Å². The maximum atomic E-state index is 11.9. The van der Waals surface area contributed by atoms with Crippen molar-refractivity contribution < 1.29 is 4.79 Å². The van der Waals surface area contributed by atoms with Crippen LogP contribution in [0.4, 0.5) is 0 Å². The van der Waals surface area contributed by atoms with Gasteiger partial charge >= 0.3 is 0 Å². The second kappa shape index (κ2) is 6.25. The van der Waals surface area contributed by atoms with Gasteiger partial charge < -0.3 is 9.88 Å². The van der Waals surface area contributed by atoms with Gasteiger partial charge in [0, 0.05) is 30.0 Å². The zero-order valence-corrected chi connectivity index (χ0v) is 11.4. The lowest BCUT2D eigenvalue weighted by Gasteiger charge is -2.13. The smallest absolute Gasteiger partial charge is 0.246 e. The molecule has 1 aromatic heterocycles. The fraction of sp³-hybridized carbons (Fsp3) is 0.133. The highest BCUT2D eigenvalue weighted by Gasteiger charge is 2.05. The topological polar surface area (TPSA) is 36.1 Å². The molecule has 1 heterocycles. The molecule has 19 heavy (non-hydrogen) atoms. The Kier molecular flexibility index (Phi) is 4.42. The van der Waals surface area contributed by atoms with E-state index < -0.39 is 0 Å². The number of carbonyl (C=O) groups excluding carboxylic acids is 1. The predicted molar refractivity (Wildman–Crippen MR) is 77.8 cm³/mol. The lowest BCUT2D eigenvalue weighted by atomic mass is 10.2. The Bertz CT molecular complexity index is 576. The Morgan fingerprint density at radius 3 is 2.89 bits per heavy atom. The van der Waals surface area contributed by atoms with Crippen LogP contribution in [0, 0.1) is 0 Å². The van der Waals surface area contributed by atoms with Crippen LogP contribution in [-0.2, 0) is 11.3 Å². The summed E-state index contributed by atoms with van der Waals surface area (Å²) >= 11 is 5.88. The summed E-state index contributed by atoms with van der Waals surface area (Å²) in [5.74, 6) is -0.0467. The highest BCUT2D eigenvalue weighted by Crippen LogP contribution is 2.12. The van der Waals surface area contributed by atoms with E-state index in [-0.39, 0.29) is 5.91 Å². The maximum absolute atomic E-state index is 11.9. The summed E-state index contributed by atoms with van der Waals surface area (Å²) in [6, 6.07) is 11.2. The van der Waals surface area contributed by atoms with Crippen LogP contribution < -0.4 is 0 Å². The number of aromatic nitrogens is 1. The molecule has 2 aromatic rings. The third kappa shape index (κ3) is 4.00. The molecular formula is C15H15ClN2O. The highest BCUT2D eigenvalue weighted by molar-refractivity contribution is 6.30. The minimum absolute atomic E-state index is 0.0467. The number of carbonyl (C=O) groups is 1. The monoisotopic (exact) mass is 274 g/mol. The molecule has 1 aromatic carbocycles. The fourth-order valence-corrected chi connectivity index (χ4v) is 1.90. The van der Waals surface area contributed by atoms with Gasteiger partial charge in [-0.3, -0.25) is 4.79 Å². The van der Waals surface area contributed by atoms with Gasteiger partial charge in [0.1, 0.15) is 0 Å². The Hall–Kier alpha value is -2.00.